The van der Waals surface area contributed by atoms with Crippen LogP contribution < -0.4 is 16.9 Å². The molecule has 0 saturated carbocycles. The second-order valence-electron chi connectivity index (χ2n) is 1.89. The summed E-state index contributed by atoms with van der Waals surface area (Å²) in [5, 5.41) is 10.5. The Hall–Kier alpha value is -1.46. The zero-order valence-corrected chi connectivity index (χ0v) is 6.05. The highest BCUT2D eigenvalue weighted by Crippen LogP contribution is 1.71. The molecule has 6 N–H and O–H groups in total. The SMILES string of the molecule is CN(C)C(=N)NN=C(N)N. The fourth-order valence-electron chi connectivity index (χ4n) is 0.218. The minimum Gasteiger partial charge on any atom is -0.369 e. The van der Waals surface area contributed by atoms with E-state index in [-0.39, 0.29) is 11.9 Å². The van der Waals surface area contributed by atoms with Crippen LogP contribution in [0.1, 0.15) is 0 Å². The monoisotopic (exact) mass is 144 g/mol. The van der Waals surface area contributed by atoms with Gasteiger partial charge in [-0.25, -0.2) is 5.43 Å². The van der Waals surface area contributed by atoms with Gasteiger partial charge in [-0.15, -0.1) is 5.10 Å². The molecule has 0 rings (SSSR count). The van der Waals surface area contributed by atoms with Gasteiger partial charge in [0.25, 0.3) is 0 Å². The first-order valence-corrected chi connectivity index (χ1v) is 2.64. The Morgan fingerprint density at radius 3 is 2.30 bits per heavy atom. The first kappa shape index (κ1) is 8.54. The number of hydrogen-bond donors (Lipinski definition) is 4. The van der Waals surface area contributed by atoms with Crippen LogP contribution in [-0.4, -0.2) is 30.9 Å². The quantitative estimate of drug-likeness (QED) is 0.199. The molecule has 0 aromatic carbocycles. The maximum atomic E-state index is 7.13. The van der Waals surface area contributed by atoms with E-state index in [4.69, 9.17) is 16.9 Å². The van der Waals surface area contributed by atoms with Crippen LogP contribution in [0.3, 0.4) is 0 Å². The average Bonchev–Trinajstić information content (AvgIpc) is 1.82. The molecule has 0 aromatic rings. The van der Waals surface area contributed by atoms with Crippen molar-refractivity contribution in [2.45, 2.75) is 0 Å². The fourth-order valence-corrected chi connectivity index (χ4v) is 0.218. The molecule has 0 atom stereocenters. The van der Waals surface area contributed by atoms with Gasteiger partial charge in [-0.2, -0.15) is 0 Å². The summed E-state index contributed by atoms with van der Waals surface area (Å²) in [5.41, 5.74) is 12.3. The minimum absolute atomic E-state index is 0.0911. The van der Waals surface area contributed by atoms with Crippen LogP contribution in [0.5, 0.6) is 0 Å². The van der Waals surface area contributed by atoms with Gasteiger partial charge < -0.3 is 16.4 Å². The Kier molecular flexibility index (Phi) is 3.03. The Bertz CT molecular complexity index is 144. The molecule has 0 unspecified atom stereocenters. The van der Waals surface area contributed by atoms with Crippen LogP contribution in [0.2, 0.25) is 0 Å². The highest BCUT2D eigenvalue weighted by atomic mass is 15.4. The molecule has 0 amide bonds. The van der Waals surface area contributed by atoms with Crippen LogP contribution in [0.25, 0.3) is 0 Å². The van der Waals surface area contributed by atoms with Crippen molar-refractivity contribution in [1.29, 1.82) is 5.41 Å². The van der Waals surface area contributed by atoms with Crippen LogP contribution in [0.4, 0.5) is 0 Å². The summed E-state index contributed by atoms with van der Waals surface area (Å²) in [6.45, 7) is 0. The third-order valence-corrected chi connectivity index (χ3v) is 0.738. The molecule has 10 heavy (non-hydrogen) atoms. The van der Waals surface area contributed by atoms with Crippen molar-refractivity contribution in [1.82, 2.24) is 10.3 Å². The topological polar surface area (TPSA) is 104 Å². The van der Waals surface area contributed by atoms with Gasteiger partial charge in [0.05, 0.1) is 0 Å². The summed E-state index contributed by atoms with van der Waals surface area (Å²) < 4.78 is 0. The molecule has 0 aliphatic carbocycles. The first-order chi connectivity index (χ1) is 4.54. The summed E-state index contributed by atoms with van der Waals surface area (Å²) >= 11 is 0. The predicted molar refractivity (Wildman–Crippen MR) is 40.4 cm³/mol. The van der Waals surface area contributed by atoms with E-state index in [1.165, 1.54) is 4.90 Å². The first-order valence-electron chi connectivity index (χ1n) is 2.64. The summed E-state index contributed by atoms with van der Waals surface area (Å²) in [7, 11) is 3.41. The molecule has 0 spiro atoms. The van der Waals surface area contributed by atoms with E-state index in [0.717, 1.165) is 0 Å². The molecule has 0 heterocycles. The zero-order valence-electron chi connectivity index (χ0n) is 6.05. The Morgan fingerprint density at radius 1 is 1.50 bits per heavy atom. The van der Waals surface area contributed by atoms with Crippen LogP contribution in [-0.2, 0) is 0 Å². The summed E-state index contributed by atoms with van der Waals surface area (Å²) in [4.78, 5) is 1.53. The lowest BCUT2D eigenvalue weighted by molar-refractivity contribution is 0.584. The van der Waals surface area contributed by atoms with E-state index in [1.807, 2.05) is 0 Å². The van der Waals surface area contributed by atoms with Crippen molar-refractivity contribution in [3.63, 3.8) is 0 Å². The van der Waals surface area contributed by atoms with Crippen LogP contribution >= 0.6 is 0 Å². The standard InChI is InChI=1S/C4H12N6/c1-10(2)4(7)9-8-3(5)6/h1-2H3,(H2,7,9)(H4,5,6,8). The van der Waals surface area contributed by atoms with Crippen molar-refractivity contribution in [3.8, 4) is 0 Å². The third-order valence-electron chi connectivity index (χ3n) is 0.738. The number of guanidine groups is 2. The lowest BCUT2D eigenvalue weighted by Crippen LogP contribution is -2.35. The number of hydrogen-bond acceptors (Lipinski definition) is 2. The molecule has 0 aliphatic heterocycles. The molecule has 0 bridgehead atoms. The van der Waals surface area contributed by atoms with Gasteiger partial charge in [0.1, 0.15) is 0 Å². The van der Waals surface area contributed by atoms with Gasteiger partial charge in [-0.1, -0.05) is 0 Å². The number of nitrogens with one attached hydrogen (secondary N) is 2. The van der Waals surface area contributed by atoms with E-state index in [2.05, 4.69) is 10.5 Å². The Balaban J connectivity index is 3.71. The molecular weight excluding hydrogens is 132 g/mol. The maximum absolute atomic E-state index is 7.13. The van der Waals surface area contributed by atoms with Crippen molar-refractivity contribution >= 4 is 11.9 Å². The van der Waals surface area contributed by atoms with Gasteiger partial charge >= 0.3 is 0 Å². The van der Waals surface area contributed by atoms with Gasteiger partial charge in [0.15, 0.2) is 0 Å². The summed E-state index contributed by atoms with van der Waals surface area (Å²) in [6, 6.07) is 0. The molecule has 0 fully saturated rings. The second-order valence-corrected chi connectivity index (χ2v) is 1.89. The van der Waals surface area contributed by atoms with Crippen molar-refractivity contribution in [2.24, 2.45) is 16.6 Å². The molecule has 0 aliphatic rings. The van der Waals surface area contributed by atoms with Gasteiger partial charge in [0, 0.05) is 14.1 Å². The summed E-state index contributed by atoms with van der Waals surface area (Å²) in [6.07, 6.45) is 0. The highest BCUT2D eigenvalue weighted by Gasteiger charge is 1.93. The van der Waals surface area contributed by atoms with E-state index >= 15 is 0 Å². The third kappa shape index (κ3) is 3.53. The lowest BCUT2D eigenvalue weighted by atomic mass is 10.8. The largest absolute Gasteiger partial charge is 0.369 e. The van der Waals surface area contributed by atoms with E-state index in [1.54, 1.807) is 14.1 Å². The van der Waals surface area contributed by atoms with Crippen molar-refractivity contribution in [3.05, 3.63) is 0 Å². The van der Waals surface area contributed by atoms with Crippen LogP contribution in [0.15, 0.2) is 5.10 Å². The molecule has 0 radical (unpaired) electrons. The predicted octanol–water partition coefficient (Wildman–Crippen LogP) is -1.74. The number of nitrogens with two attached hydrogens (primary N) is 2. The molecule has 58 valence electrons. The van der Waals surface area contributed by atoms with Gasteiger partial charge in [-0.05, 0) is 0 Å². The van der Waals surface area contributed by atoms with Gasteiger partial charge in [0.2, 0.25) is 11.9 Å². The van der Waals surface area contributed by atoms with E-state index in [9.17, 15) is 0 Å². The van der Waals surface area contributed by atoms with Crippen LogP contribution in [0, 0.1) is 5.41 Å². The number of rotatable bonds is 1. The molecule has 0 saturated heterocycles. The normalized spacial score (nSPS) is 8.20. The van der Waals surface area contributed by atoms with Gasteiger partial charge in [-0.3, -0.25) is 5.41 Å². The Morgan fingerprint density at radius 2 is 2.00 bits per heavy atom. The zero-order chi connectivity index (χ0) is 8.15. The number of hydrazone groups is 1. The second kappa shape index (κ2) is 3.54. The molecule has 6 nitrogen and oxygen atoms in total. The summed E-state index contributed by atoms with van der Waals surface area (Å²) in [5.74, 6) is 0.0417. The molecule has 0 aromatic heterocycles. The lowest BCUT2D eigenvalue weighted by Gasteiger charge is -2.11. The maximum Gasteiger partial charge on any atom is 0.211 e. The number of nitrogens with zero attached hydrogens (tertiary/aromatic N) is 2. The van der Waals surface area contributed by atoms with E-state index < -0.39 is 0 Å². The van der Waals surface area contributed by atoms with Crippen molar-refractivity contribution < 1.29 is 0 Å². The molecule has 6 heteroatoms. The average molecular weight is 144 g/mol. The van der Waals surface area contributed by atoms with Crippen molar-refractivity contribution in [2.75, 3.05) is 14.1 Å². The highest BCUT2D eigenvalue weighted by molar-refractivity contribution is 5.80. The van der Waals surface area contributed by atoms with E-state index in [0.29, 0.717) is 0 Å². The smallest absolute Gasteiger partial charge is 0.211 e. The Labute approximate surface area is 59.4 Å². The minimum atomic E-state index is -0.0911. The fraction of sp³-hybridized carbons (Fsp3) is 0.500. The molecular formula is C4H12N6.